The summed E-state index contributed by atoms with van der Waals surface area (Å²) >= 11 is 0. The van der Waals surface area contributed by atoms with Crippen LogP contribution in [0.25, 0.3) is 0 Å². The Balaban J connectivity index is 4.30. The molecular formula is C13H29NO. The Morgan fingerprint density at radius 1 is 1.13 bits per heavy atom. The lowest BCUT2D eigenvalue weighted by Gasteiger charge is -2.31. The summed E-state index contributed by atoms with van der Waals surface area (Å²) in [4.78, 5) is 0. The Morgan fingerprint density at radius 3 is 2.07 bits per heavy atom. The summed E-state index contributed by atoms with van der Waals surface area (Å²) in [5, 5.41) is 3.41. The number of ether oxygens (including phenoxy) is 1. The molecule has 0 saturated heterocycles. The van der Waals surface area contributed by atoms with E-state index in [1.807, 2.05) is 7.05 Å². The minimum absolute atomic E-state index is 0.342. The normalized spacial score (nSPS) is 17.8. The van der Waals surface area contributed by atoms with Gasteiger partial charge in [-0.05, 0) is 32.2 Å². The van der Waals surface area contributed by atoms with Crippen LogP contribution in [0.5, 0.6) is 0 Å². The van der Waals surface area contributed by atoms with E-state index in [1.165, 1.54) is 12.8 Å². The predicted molar refractivity (Wildman–Crippen MR) is 67.2 cm³/mol. The summed E-state index contributed by atoms with van der Waals surface area (Å²) in [5.74, 6) is 1.34. The molecule has 1 N–H and O–H groups in total. The lowest BCUT2D eigenvalue weighted by atomic mass is 9.91. The van der Waals surface area contributed by atoms with E-state index in [4.69, 9.17) is 4.74 Å². The van der Waals surface area contributed by atoms with Gasteiger partial charge in [-0.2, -0.15) is 0 Å². The van der Waals surface area contributed by atoms with E-state index >= 15 is 0 Å². The molecule has 0 aromatic carbocycles. The third-order valence-electron chi connectivity index (χ3n) is 3.14. The summed E-state index contributed by atoms with van der Waals surface area (Å²) < 4.78 is 5.84. The van der Waals surface area contributed by atoms with Gasteiger partial charge in [0.25, 0.3) is 0 Å². The average Bonchev–Trinajstić information content (AvgIpc) is 2.22. The Kier molecular flexibility index (Phi) is 8.07. The van der Waals surface area contributed by atoms with Crippen LogP contribution in [-0.4, -0.2) is 25.8 Å². The predicted octanol–water partition coefficient (Wildman–Crippen LogP) is 3.07. The van der Waals surface area contributed by atoms with E-state index < -0.39 is 0 Å². The molecule has 0 aliphatic heterocycles. The maximum atomic E-state index is 5.84. The highest BCUT2D eigenvalue weighted by Gasteiger charge is 2.24. The van der Waals surface area contributed by atoms with Crippen molar-refractivity contribution in [3.63, 3.8) is 0 Å². The zero-order valence-electron chi connectivity index (χ0n) is 11.3. The van der Waals surface area contributed by atoms with Crippen molar-refractivity contribution in [1.29, 1.82) is 0 Å². The van der Waals surface area contributed by atoms with Gasteiger partial charge in [0, 0.05) is 12.6 Å². The van der Waals surface area contributed by atoms with E-state index in [9.17, 15) is 0 Å². The van der Waals surface area contributed by atoms with Crippen LogP contribution in [-0.2, 0) is 4.74 Å². The molecule has 0 saturated carbocycles. The monoisotopic (exact) mass is 215 g/mol. The Bertz CT molecular complexity index is 147. The molecule has 0 heterocycles. The second-order valence-electron chi connectivity index (χ2n) is 4.81. The van der Waals surface area contributed by atoms with Gasteiger partial charge >= 0.3 is 0 Å². The van der Waals surface area contributed by atoms with Crippen molar-refractivity contribution in [3.05, 3.63) is 0 Å². The maximum absolute atomic E-state index is 5.84. The Morgan fingerprint density at radius 2 is 1.73 bits per heavy atom. The van der Waals surface area contributed by atoms with E-state index in [-0.39, 0.29) is 0 Å². The van der Waals surface area contributed by atoms with Crippen LogP contribution in [0.1, 0.15) is 47.5 Å². The molecule has 0 aromatic heterocycles. The molecule has 0 amide bonds. The highest BCUT2D eigenvalue weighted by molar-refractivity contribution is 4.80. The van der Waals surface area contributed by atoms with Gasteiger partial charge in [-0.3, -0.25) is 0 Å². The first-order valence-electron chi connectivity index (χ1n) is 6.35. The summed E-state index contributed by atoms with van der Waals surface area (Å²) in [6.45, 7) is 11.9. The number of hydrogen-bond donors (Lipinski definition) is 1. The summed E-state index contributed by atoms with van der Waals surface area (Å²) in [6, 6.07) is 0.486. The standard InChI is InChI=1S/C13H29NO/c1-7-11(5)9-12(14-6)13(10(3)4)15-8-2/h10-14H,7-9H2,1-6H3. The molecule has 0 aromatic rings. The molecule has 0 radical (unpaired) electrons. The van der Waals surface area contributed by atoms with Crippen molar-refractivity contribution in [3.8, 4) is 0 Å². The Labute approximate surface area is 95.8 Å². The number of rotatable bonds is 8. The fourth-order valence-electron chi connectivity index (χ4n) is 1.98. The largest absolute Gasteiger partial charge is 0.377 e. The highest BCUT2D eigenvalue weighted by Crippen LogP contribution is 2.19. The van der Waals surface area contributed by atoms with Gasteiger partial charge in [0.05, 0.1) is 6.10 Å². The lowest BCUT2D eigenvalue weighted by Crippen LogP contribution is -2.43. The van der Waals surface area contributed by atoms with Gasteiger partial charge in [-0.1, -0.05) is 34.1 Å². The molecule has 0 aliphatic rings. The van der Waals surface area contributed by atoms with E-state index in [0.29, 0.717) is 18.1 Å². The van der Waals surface area contributed by atoms with Crippen LogP contribution in [0.4, 0.5) is 0 Å². The van der Waals surface area contributed by atoms with E-state index in [1.54, 1.807) is 0 Å². The molecule has 2 heteroatoms. The molecule has 0 fully saturated rings. The third-order valence-corrected chi connectivity index (χ3v) is 3.14. The number of likely N-dealkylation sites (N-methyl/N-ethyl adjacent to an activating group) is 1. The van der Waals surface area contributed by atoms with Crippen molar-refractivity contribution in [1.82, 2.24) is 5.32 Å². The van der Waals surface area contributed by atoms with Crippen LogP contribution in [0.3, 0.4) is 0 Å². The van der Waals surface area contributed by atoms with Crippen LogP contribution in [0, 0.1) is 11.8 Å². The molecule has 0 spiro atoms. The van der Waals surface area contributed by atoms with Crippen molar-refractivity contribution in [2.45, 2.75) is 59.6 Å². The SMILES string of the molecule is CCOC(C(C)C)C(CC(C)CC)NC. The topological polar surface area (TPSA) is 21.3 Å². The fourth-order valence-corrected chi connectivity index (χ4v) is 1.98. The minimum atomic E-state index is 0.342. The van der Waals surface area contributed by atoms with Crippen molar-refractivity contribution in [2.75, 3.05) is 13.7 Å². The first-order valence-corrected chi connectivity index (χ1v) is 6.35. The van der Waals surface area contributed by atoms with E-state index in [0.717, 1.165) is 12.5 Å². The van der Waals surface area contributed by atoms with Crippen LogP contribution in [0.15, 0.2) is 0 Å². The highest BCUT2D eigenvalue weighted by atomic mass is 16.5. The fraction of sp³-hybridized carbons (Fsp3) is 1.00. The molecule has 15 heavy (non-hydrogen) atoms. The molecule has 0 bridgehead atoms. The molecule has 92 valence electrons. The second-order valence-corrected chi connectivity index (χ2v) is 4.81. The van der Waals surface area contributed by atoms with Crippen molar-refractivity contribution in [2.24, 2.45) is 11.8 Å². The molecule has 0 aliphatic carbocycles. The second kappa shape index (κ2) is 8.12. The van der Waals surface area contributed by atoms with Gasteiger partial charge in [0.1, 0.15) is 0 Å². The zero-order chi connectivity index (χ0) is 11.8. The maximum Gasteiger partial charge on any atom is 0.0750 e. The minimum Gasteiger partial charge on any atom is -0.377 e. The third kappa shape index (κ3) is 5.53. The summed E-state index contributed by atoms with van der Waals surface area (Å²) in [6.07, 6.45) is 2.79. The molecular weight excluding hydrogens is 186 g/mol. The summed E-state index contributed by atoms with van der Waals surface area (Å²) in [5.41, 5.74) is 0. The van der Waals surface area contributed by atoms with Crippen LogP contribution in [0.2, 0.25) is 0 Å². The van der Waals surface area contributed by atoms with E-state index in [2.05, 4.69) is 39.9 Å². The molecule has 3 unspecified atom stereocenters. The van der Waals surface area contributed by atoms with Gasteiger partial charge in [0.2, 0.25) is 0 Å². The van der Waals surface area contributed by atoms with Crippen molar-refractivity contribution < 1.29 is 4.74 Å². The van der Waals surface area contributed by atoms with Gasteiger partial charge in [0.15, 0.2) is 0 Å². The lowest BCUT2D eigenvalue weighted by molar-refractivity contribution is -0.000121. The molecule has 0 rings (SSSR count). The zero-order valence-corrected chi connectivity index (χ0v) is 11.3. The molecule has 2 nitrogen and oxygen atoms in total. The first-order chi connectivity index (χ1) is 7.06. The van der Waals surface area contributed by atoms with Crippen molar-refractivity contribution >= 4 is 0 Å². The van der Waals surface area contributed by atoms with Gasteiger partial charge in [-0.25, -0.2) is 0 Å². The van der Waals surface area contributed by atoms with Gasteiger partial charge in [-0.15, -0.1) is 0 Å². The average molecular weight is 215 g/mol. The number of hydrogen-bond acceptors (Lipinski definition) is 2. The van der Waals surface area contributed by atoms with Crippen LogP contribution >= 0.6 is 0 Å². The summed E-state index contributed by atoms with van der Waals surface area (Å²) in [7, 11) is 2.04. The Hall–Kier alpha value is -0.0800. The van der Waals surface area contributed by atoms with Crippen LogP contribution < -0.4 is 5.32 Å². The first kappa shape index (κ1) is 14.9. The quantitative estimate of drug-likeness (QED) is 0.672. The van der Waals surface area contributed by atoms with Gasteiger partial charge < -0.3 is 10.1 Å². The number of nitrogens with one attached hydrogen (secondary N) is 1. The smallest absolute Gasteiger partial charge is 0.0750 e. The molecule has 3 atom stereocenters.